The molecule has 0 fully saturated rings. The van der Waals surface area contributed by atoms with Gasteiger partial charge in [-0.1, -0.05) is 137 Å². The summed E-state index contributed by atoms with van der Waals surface area (Å²) in [7, 11) is 0. The van der Waals surface area contributed by atoms with Crippen molar-refractivity contribution in [1.29, 1.82) is 0 Å². The van der Waals surface area contributed by atoms with Crippen LogP contribution in [0.5, 0.6) is 0 Å². The van der Waals surface area contributed by atoms with E-state index in [0.717, 1.165) is 38.5 Å². The number of hydrogen-bond donors (Lipinski definition) is 1. The van der Waals surface area contributed by atoms with Crippen LogP contribution in [0.3, 0.4) is 0 Å². The van der Waals surface area contributed by atoms with Crippen molar-refractivity contribution < 1.29 is 9.90 Å². The zero-order chi connectivity index (χ0) is 21.8. The van der Waals surface area contributed by atoms with Crippen molar-refractivity contribution in [3.63, 3.8) is 0 Å². The third-order valence-corrected chi connectivity index (χ3v) is 6.76. The molecule has 0 aromatic rings. The minimum atomic E-state index is -0.526. The Labute approximate surface area is 183 Å². The van der Waals surface area contributed by atoms with Gasteiger partial charge in [-0.3, -0.25) is 4.79 Å². The van der Waals surface area contributed by atoms with E-state index in [2.05, 4.69) is 27.7 Å². The molecule has 2 atom stereocenters. The molecule has 0 aromatic carbocycles. The normalized spacial score (nSPS) is 14.6. The average Bonchev–Trinajstić information content (AvgIpc) is 2.70. The molecule has 0 rings (SSSR count). The van der Waals surface area contributed by atoms with Gasteiger partial charge in [0.05, 0.1) is 5.41 Å². The van der Waals surface area contributed by atoms with Crippen molar-refractivity contribution in [3.05, 3.63) is 0 Å². The molecule has 0 aliphatic rings. The first-order valence-electron chi connectivity index (χ1n) is 13.3. The average molecular weight is 411 g/mol. The molecule has 0 amide bonds. The van der Waals surface area contributed by atoms with E-state index in [0.29, 0.717) is 5.92 Å². The first-order chi connectivity index (χ1) is 14.0. The minimum Gasteiger partial charge on any atom is -0.481 e. The monoisotopic (exact) mass is 410 g/mol. The molecule has 2 unspecified atom stereocenters. The summed E-state index contributed by atoms with van der Waals surface area (Å²) >= 11 is 0. The molecule has 0 heterocycles. The molecule has 29 heavy (non-hydrogen) atoms. The van der Waals surface area contributed by atoms with Crippen molar-refractivity contribution >= 4 is 5.97 Å². The highest BCUT2D eigenvalue weighted by Crippen LogP contribution is 2.39. The lowest BCUT2D eigenvalue weighted by atomic mass is 9.71. The molecule has 1 N–H and O–H groups in total. The van der Waals surface area contributed by atoms with Crippen LogP contribution in [0.4, 0.5) is 0 Å². The van der Waals surface area contributed by atoms with E-state index in [4.69, 9.17) is 0 Å². The lowest BCUT2D eigenvalue weighted by Gasteiger charge is -2.32. The summed E-state index contributed by atoms with van der Waals surface area (Å²) in [6.07, 6.45) is 24.3. The highest BCUT2D eigenvalue weighted by Gasteiger charge is 2.38. The molecule has 0 saturated carbocycles. The van der Waals surface area contributed by atoms with Gasteiger partial charge in [-0.15, -0.1) is 0 Å². The Balaban J connectivity index is 4.33. The maximum Gasteiger partial charge on any atom is 0.309 e. The molecule has 0 saturated heterocycles. The summed E-state index contributed by atoms with van der Waals surface area (Å²) in [5.41, 5.74) is -0.472. The Morgan fingerprint density at radius 2 is 1.07 bits per heavy atom. The summed E-state index contributed by atoms with van der Waals surface area (Å²) < 4.78 is 0. The summed E-state index contributed by atoms with van der Waals surface area (Å²) in [6, 6.07) is 0. The Hall–Kier alpha value is -0.530. The second-order valence-corrected chi connectivity index (χ2v) is 9.78. The van der Waals surface area contributed by atoms with Crippen LogP contribution in [0.2, 0.25) is 0 Å². The summed E-state index contributed by atoms with van der Waals surface area (Å²) in [6.45, 7) is 8.98. The van der Waals surface area contributed by atoms with Crippen LogP contribution in [0, 0.1) is 11.3 Å². The van der Waals surface area contributed by atoms with Gasteiger partial charge in [0.1, 0.15) is 0 Å². The highest BCUT2D eigenvalue weighted by atomic mass is 16.4. The smallest absolute Gasteiger partial charge is 0.309 e. The van der Waals surface area contributed by atoms with Crippen LogP contribution in [-0.2, 0) is 4.79 Å². The van der Waals surface area contributed by atoms with Crippen molar-refractivity contribution in [1.82, 2.24) is 0 Å². The van der Waals surface area contributed by atoms with Gasteiger partial charge in [0.15, 0.2) is 0 Å². The molecule has 174 valence electrons. The van der Waals surface area contributed by atoms with Gasteiger partial charge in [0.25, 0.3) is 0 Å². The first kappa shape index (κ1) is 28.5. The lowest BCUT2D eigenvalue weighted by molar-refractivity contribution is -0.151. The van der Waals surface area contributed by atoms with E-state index < -0.39 is 11.4 Å². The van der Waals surface area contributed by atoms with E-state index in [1.807, 2.05) is 0 Å². The fourth-order valence-electron chi connectivity index (χ4n) is 4.78. The topological polar surface area (TPSA) is 37.3 Å². The highest BCUT2D eigenvalue weighted by molar-refractivity contribution is 5.74. The molecule has 2 heteroatoms. The van der Waals surface area contributed by atoms with Crippen molar-refractivity contribution in [3.8, 4) is 0 Å². The predicted molar refractivity (Wildman–Crippen MR) is 129 cm³/mol. The molecule has 0 aliphatic heterocycles. The van der Waals surface area contributed by atoms with E-state index in [1.54, 1.807) is 0 Å². The van der Waals surface area contributed by atoms with E-state index in [9.17, 15) is 9.90 Å². The Morgan fingerprint density at radius 3 is 1.55 bits per heavy atom. The van der Waals surface area contributed by atoms with Crippen LogP contribution in [0.1, 0.15) is 156 Å². The van der Waals surface area contributed by atoms with Gasteiger partial charge in [0, 0.05) is 0 Å². The number of carboxylic acids is 1. The number of rotatable bonds is 22. The molecule has 0 aromatic heterocycles. The first-order valence-corrected chi connectivity index (χ1v) is 13.3. The lowest BCUT2D eigenvalue weighted by Crippen LogP contribution is -2.33. The molecule has 0 spiro atoms. The number of aliphatic carboxylic acids is 1. The molecule has 0 aliphatic carbocycles. The molecular weight excluding hydrogens is 356 g/mol. The van der Waals surface area contributed by atoms with Gasteiger partial charge >= 0.3 is 5.97 Å². The van der Waals surface area contributed by atoms with E-state index in [-0.39, 0.29) is 0 Å². The zero-order valence-corrected chi connectivity index (χ0v) is 20.6. The van der Waals surface area contributed by atoms with Crippen LogP contribution in [-0.4, -0.2) is 11.1 Å². The molecule has 0 bridgehead atoms. The summed E-state index contributed by atoms with van der Waals surface area (Å²) in [5, 5.41) is 10.2. The maximum absolute atomic E-state index is 12.3. The Kier molecular flexibility index (Phi) is 19.1. The number of hydrogen-bond acceptors (Lipinski definition) is 1. The van der Waals surface area contributed by atoms with Crippen molar-refractivity contribution in [2.45, 2.75) is 156 Å². The Bertz CT molecular complexity index is 366. The summed E-state index contributed by atoms with van der Waals surface area (Å²) in [5.74, 6) is 0.00483. The molecular formula is C27H54O2. The number of carboxylic acid groups (broad SMARTS) is 1. The largest absolute Gasteiger partial charge is 0.481 e. The van der Waals surface area contributed by atoms with Crippen molar-refractivity contribution in [2.24, 2.45) is 11.3 Å². The fraction of sp³-hybridized carbons (Fsp3) is 0.963. The van der Waals surface area contributed by atoms with Gasteiger partial charge in [-0.2, -0.15) is 0 Å². The zero-order valence-electron chi connectivity index (χ0n) is 20.6. The van der Waals surface area contributed by atoms with E-state index >= 15 is 0 Å². The maximum atomic E-state index is 12.3. The SMILES string of the molecule is CCCCCCCCCCCCC(CCCC)(CC(C)CCCCCC)C(=O)O. The van der Waals surface area contributed by atoms with Crippen LogP contribution in [0.15, 0.2) is 0 Å². The van der Waals surface area contributed by atoms with Gasteiger partial charge in [0.2, 0.25) is 0 Å². The van der Waals surface area contributed by atoms with Crippen LogP contribution in [0.25, 0.3) is 0 Å². The summed E-state index contributed by atoms with van der Waals surface area (Å²) in [4.78, 5) is 12.3. The molecule has 2 nitrogen and oxygen atoms in total. The third-order valence-electron chi connectivity index (χ3n) is 6.76. The van der Waals surface area contributed by atoms with Crippen LogP contribution >= 0.6 is 0 Å². The fourth-order valence-corrected chi connectivity index (χ4v) is 4.78. The van der Waals surface area contributed by atoms with Crippen molar-refractivity contribution in [2.75, 3.05) is 0 Å². The van der Waals surface area contributed by atoms with Gasteiger partial charge < -0.3 is 5.11 Å². The van der Waals surface area contributed by atoms with Gasteiger partial charge in [-0.25, -0.2) is 0 Å². The Morgan fingerprint density at radius 1 is 0.655 bits per heavy atom. The second kappa shape index (κ2) is 19.4. The van der Waals surface area contributed by atoms with E-state index in [1.165, 1.54) is 89.9 Å². The van der Waals surface area contributed by atoms with Gasteiger partial charge in [-0.05, 0) is 25.2 Å². The second-order valence-electron chi connectivity index (χ2n) is 9.78. The number of unbranched alkanes of at least 4 members (excludes halogenated alkanes) is 13. The molecule has 0 radical (unpaired) electrons. The standard InChI is InChI=1S/C27H54O2/c1-5-8-11-13-14-15-16-17-18-20-23-27(26(28)29,22-10-7-3)24-25(4)21-19-12-9-6-2/h25H,5-24H2,1-4H3,(H,28,29). The third kappa shape index (κ3) is 15.0. The minimum absolute atomic E-state index is 0.472. The predicted octanol–water partition coefficient (Wildman–Crippen LogP) is 9.56. The van der Waals surface area contributed by atoms with Crippen LogP contribution < -0.4 is 0 Å². The number of carbonyl (C=O) groups is 1. The quantitative estimate of drug-likeness (QED) is 0.180.